The number of pyridine rings is 1. The van der Waals surface area contributed by atoms with Crippen LogP contribution in [0.15, 0.2) is 61.2 Å². The summed E-state index contributed by atoms with van der Waals surface area (Å²) in [6.45, 7) is 6.98. The van der Waals surface area contributed by atoms with Gasteiger partial charge in [-0.1, -0.05) is 6.07 Å². The van der Waals surface area contributed by atoms with Crippen LogP contribution in [-0.2, 0) is 13.0 Å². The Kier molecular flexibility index (Phi) is 6.72. The first-order valence-corrected chi connectivity index (χ1v) is 12.0. The van der Waals surface area contributed by atoms with Gasteiger partial charge in [0.25, 0.3) is 0 Å². The lowest BCUT2D eigenvalue weighted by atomic mass is 10.1. The number of aryl methyl sites for hydroxylation is 1. The van der Waals surface area contributed by atoms with Gasteiger partial charge in [0.2, 0.25) is 0 Å². The third-order valence-corrected chi connectivity index (χ3v) is 6.45. The number of hydrogen-bond donors (Lipinski definition) is 0. The van der Waals surface area contributed by atoms with Gasteiger partial charge < -0.3 is 14.5 Å². The topological polar surface area (TPSA) is 72.2 Å². The molecular formula is C27H31N7O. The van der Waals surface area contributed by atoms with E-state index in [2.05, 4.69) is 51.9 Å². The average Bonchev–Trinajstić information content (AvgIpc) is 3.35. The summed E-state index contributed by atoms with van der Waals surface area (Å²) in [4.78, 5) is 18.5. The zero-order valence-corrected chi connectivity index (χ0v) is 20.6. The van der Waals surface area contributed by atoms with Gasteiger partial charge in [0.15, 0.2) is 0 Å². The monoisotopic (exact) mass is 469 g/mol. The average molecular weight is 470 g/mol. The first kappa shape index (κ1) is 23.0. The first-order chi connectivity index (χ1) is 17.1. The fourth-order valence-electron chi connectivity index (χ4n) is 4.44. The van der Waals surface area contributed by atoms with E-state index in [1.807, 2.05) is 41.5 Å². The summed E-state index contributed by atoms with van der Waals surface area (Å²) in [7, 11) is 3.90. The van der Waals surface area contributed by atoms with Gasteiger partial charge in [0, 0.05) is 75.1 Å². The Balaban J connectivity index is 1.41. The lowest BCUT2D eigenvalue weighted by Crippen LogP contribution is -2.44. The summed E-state index contributed by atoms with van der Waals surface area (Å²) in [5.41, 5.74) is 5.95. The highest BCUT2D eigenvalue weighted by molar-refractivity contribution is 5.78. The molecule has 0 aliphatic carbocycles. The van der Waals surface area contributed by atoms with Crippen LogP contribution in [0, 0.1) is 0 Å². The van der Waals surface area contributed by atoms with Gasteiger partial charge in [-0.3, -0.25) is 9.67 Å². The molecule has 1 saturated heterocycles. The first-order valence-electron chi connectivity index (χ1n) is 12.0. The van der Waals surface area contributed by atoms with E-state index < -0.39 is 0 Å². The second-order valence-corrected chi connectivity index (χ2v) is 8.82. The number of rotatable bonds is 7. The number of aromatic nitrogens is 5. The van der Waals surface area contributed by atoms with Crippen molar-refractivity contribution in [2.24, 2.45) is 0 Å². The number of hydrogen-bond acceptors (Lipinski definition) is 7. The molecule has 0 N–H and O–H groups in total. The molecule has 0 spiro atoms. The Morgan fingerprint density at radius 2 is 1.89 bits per heavy atom. The van der Waals surface area contributed by atoms with Crippen LogP contribution >= 0.6 is 0 Å². The van der Waals surface area contributed by atoms with Crippen molar-refractivity contribution in [3.63, 3.8) is 0 Å². The van der Waals surface area contributed by atoms with Crippen LogP contribution in [0.4, 0.5) is 5.69 Å². The van der Waals surface area contributed by atoms with Crippen molar-refractivity contribution in [1.29, 1.82) is 0 Å². The Hall–Kier alpha value is -3.78. The third-order valence-electron chi connectivity index (χ3n) is 6.45. The Bertz CT molecular complexity index is 1280. The summed E-state index contributed by atoms with van der Waals surface area (Å²) >= 11 is 0. The highest BCUT2D eigenvalue weighted by atomic mass is 16.5. The lowest BCUT2D eigenvalue weighted by Gasteiger charge is -2.34. The Morgan fingerprint density at radius 3 is 2.63 bits per heavy atom. The summed E-state index contributed by atoms with van der Waals surface area (Å²) in [6.07, 6.45) is 8.09. The number of anilines is 1. The summed E-state index contributed by atoms with van der Waals surface area (Å²) in [6, 6.07) is 12.3. The van der Waals surface area contributed by atoms with Crippen molar-refractivity contribution >= 4 is 5.69 Å². The van der Waals surface area contributed by atoms with E-state index in [0.29, 0.717) is 6.42 Å². The fourth-order valence-corrected chi connectivity index (χ4v) is 4.44. The van der Waals surface area contributed by atoms with Crippen molar-refractivity contribution in [2.45, 2.75) is 19.9 Å². The molecular weight excluding hydrogens is 438 g/mol. The highest BCUT2D eigenvalue weighted by Gasteiger charge is 2.19. The number of likely N-dealkylation sites (N-methyl/N-ethyl adjacent to an activating group) is 1. The zero-order valence-electron chi connectivity index (χ0n) is 20.6. The molecule has 1 aliphatic heterocycles. The van der Waals surface area contributed by atoms with Gasteiger partial charge in [0.1, 0.15) is 17.3 Å². The van der Waals surface area contributed by atoms with Crippen LogP contribution in [0.3, 0.4) is 0 Å². The van der Waals surface area contributed by atoms with E-state index in [0.717, 1.165) is 78.1 Å². The van der Waals surface area contributed by atoms with Crippen LogP contribution in [0.1, 0.15) is 18.3 Å². The minimum Gasteiger partial charge on any atom is -0.495 e. The molecule has 0 atom stereocenters. The number of ether oxygens (including phenoxy) is 1. The van der Waals surface area contributed by atoms with Crippen molar-refractivity contribution in [3.05, 3.63) is 72.6 Å². The molecule has 1 fully saturated rings. The number of methoxy groups -OCH3 is 1. The van der Waals surface area contributed by atoms with E-state index in [1.54, 1.807) is 13.3 Å². The van der Waals surface area contributed by atoms with E-state index in [-0.39, 0.29) is 0 Å². The summed E-state index contributed by atoms with van der Waals surface area (Å²) < 4.78 is 7.70. The van der Waals surface area contributed by atoms with Gasteiger partial charge in [0.05, 0.1) is 18.5 Å². The molecule has 1 aliphatic rings. The molecule has 0 radical (unpaired) electrons. The van der Waals surface area contributed by atoms with Crippen LogP contribution in [0.2, 0.25) is 0 Å². The van der Waals surface area contributed by atoms with Gasteiger partial charge in [-0.05, 0) is 49.9 Å². The number of benzene rings is 1. The number of piperazine rings is 1. The van der Waals surface area contributed by atoms with Crippen molar-refractivity contribution in [2.75, 3.05) is 45.2 Å². The smallest absolute Gasteiger partial charge is 0.142 e. The van der Waals surface area contributed by atoms with E-state index >= 15 is 0 Å². The molecule has 0 saturated carbocycles. The van der Waals surface area contributed by atoms with Gasteiger partial charge in [-0.25, -0.2) is 9.97 Å². The predicted molar refractivity (Wildman–Crippen MR) is 138 cm³/mol. The van der Waals surface area contributed by atoms with Crippen LogP contribution in [0.25, 0.3) is 22.5 Å². The molecule has 1 aromatic carbocycles. The second kappa shape index (κ2) is 10.2. The quantitative estimate of drug-likeness (QED) is 0.408. The van der Waals surface area contributed by atoms with Crippen molar-refractivity contribution in [3.8, 4) is 28.3 Å². The molecule has 8 nitrogen and oxygen atoms in total. The summed E-state index contributed by atoms with van der Waals surface area (Å²) in [5.74, 6) is 1.66. The Labute approximate surface area is 206 Å². The molecule has 8 heteroatoms. The summed E-state index contributed by atoms with van der Waals surface area (Å²) in [5, 5.41) is 4.76. The molecule has 35 heavy (non-hydrogen) atoms. The van der Waals surface area contributed by atoms with Crippen LogP contribution in [-0.4, -0.2) is 70.0 Å². The predicted octanol–water partition coefficient (Wildman–Crippen LogP) is 3.77. The molecule has 3 aromatic heterocycles. The maximum atomic E-state index is 5.76. The van der Waals surface area contributed by atoms with Crippen LogP contribution < -0.4 is 9.64 Å². The van der Waals surface area contributed by atoms with Crippen LogP contribution in [0.5, 0.6) is 5.75 Å². The molecule has 0 amide bonds. The second-order valence-electron chi connectivity index (χ2n) is 8.82. The lowest BCUT2D eigenvalue weighted by molar-refractivity contribution is 0.311. The third kappa shape index (κ3) is 5.02. The number of nitrogens with zero attached hydrogens (tertiary/aromatic N) is 7. The van der Waals surface area contributed by atoms with Crippen molar-refractivity contribution < 1.29 is 4.74 Å². The minimum absolute atomic E-state index is 0.622. The maximum absolute atomic E-state index is 5.76. The van der Waals surface area contributed by atoms with Gasteiger partial charge in [-0.15, -0.1) is 0 Å². The highest BCUT2D eigenvalue weighted by Crippen LogP contribution is 2.32. The normalized spacial score (nSPS) is 14.3. The van der Waals surface area contributed by atoms with Gasteiger partial charge in [-0.2, -0.15) is 5.10 Å². The van der Waals surface area contributed by atoms with Gasteiger partial charge >= 0.3 is 0 Å². The molecule has 4 aromatic rings. The molecule has 5 rings (SSSR count). The maximum Gasteiger partial charge on any atom is 0.142 e. The molecule has 0 unspecified atom stereocenters. The molecule has 4 heterocycles. The SMILES string of the molecule is CCn1cc(-c2ccnc(Cc3ccc(N4CCN(C)CC4)c(OC)c3)n2)c(-c2cccnc2)n1. The molecule has 180 valence electrons. The van der Waals surface area contributed by atoms with E-state index in [9.17, 15) is 0 Å². The van der Waals surface area contributed by atoms with E-state index in [4.69, 9.17) is 14.8 Å². The largest absolute Gasteiger partial charge is 0.495 e. The standard InChI is InChI=1S/C27H31N7O/c1-4-34-19-22(27(31-34)21-6-5-10-28-18-21)23-9-11-29-26(30-23)17-20-7-8-24(25(16-20)35-3)33-14-12-32(2)13-15-33/h5-11,16,18-19H,4,12-15,17H2,1-3H3. The van der Waals surface area contributed by atoms with E-state index in [1.165, 1.54) is 0 Å². The fraction of sp³-hybridized carbons (Fsp3) is 0.333. The molecule has 0 bridgehead atoms. The minimum atomic E-state index is 0.622. The zero-order chi connectivity index (χ0) is 24.2. The Morgan fingerprint density at radius 1 is 1.03 bits per heavy atom. The van der Waals surface area contributed by atoms with Crippen molar-refractivity contribution in [1.82, 2.24) is 29.6 Å².